The molecule has 4 heterocycles. The molecule has 3 amide bonds. The van der Waals surface area contributed by atoms with E-state index in [-0.39, 0.29) is 17.7 Å². The van der Waals surface area contributed by atoms with Gasteiger partial charge in [0.1, 0.15) is 17.6 Å². The average Bonchev–Trinajstić information content (AvgIpc) is 2.98. The van der Waals surface area contributed by atoms with Crippen molar-refractivity contribution in [1.29, 1.82) is 0 Å². The van der Waals surface area contributed by atoms with Crippen LogP contribution in [0.5, 0.6) is 0 Å². The van der Waals surface area contributed by atoms with Crippen LogP contribution in [-0.4, -0.2) is 57.1 Å². The maximum absolute atomic E-state index is 12.8. The summed E-state index contributed by atoms with van der Waals surface area (Å²) in [5, 5.41) is 2.81. The Hall–Kier alpha value is -3.55. The molecule has 1 N–H and O–H groups in total. The Balaban J connectivity index is 1.49. The van der Waals surface area contributed by atoms with Crippen molar-refractivity contribution < 1.29 is 14.4 Å². The smallest absolute Gasteiger partial charge is 0.277 e. The normalized spacial score (nSPS) is 17.3. The molecule has 1 atom stereocenters. The van der Waals surface area contributed by atoms with Crippen molar-refractivity contribution in [2.75, 3.05) is 18.9 Å². The molecule has 0 saturated carbocycles. The standard InChI is InChI=1S/C22H23N5O3/c1-13-9-16(11-23-10-13)15-6-7-18(24-12-15)25-20(28)14(2)27-8-4-5-17-19(27)22(30)26(3)21(17)29/h6-7,9-12,14H,4-5,8H2,1-3H3,(H,24,25,28). The van der Waals surface area contributed by atoms with Crippen LogP contribution in [0.4, 0.5) is 5.82 Å². The minimum absolute atomic E-state index is 0.268. The van der Waals surface area contributed by atoms with Crippen molar-refractivity contribution in [2.45, 2.75) is 32.7 Å². The van der Waals surface area contributed by atoms with E-state index in [1.165, 1.54) is 7.05 Å². The summed E-state index contributed by atoms with van der Waals surface area (Å²) in [6, 6.07) is 5.02. The van der Waals surface area contributed by atoms with Gasteiger partial charge in [-0.05, 0) is 50.5 Å². The molecule has 2 aromatic heterocycles. The number of carbonyl (C=O) groups is 3. The third-order valence-corrected chi connectivity index (χ3v) is 5.54. The molecule has 0 saturated heterocycles. The number of likely N-dealkylation sites (N-methyl/N-ethyl adjacent to an activating group) is 1. The molecular formula is C22H23N5O3. The fraction of sp³-hybridized carbons (Fsp3) is 0.318. The molecule has 4 rings (SSSR count). The number of aryl methyl sites for hydroxylation is 1. The summed E-state index contributed by atoms with van der Waals surface area (Å²) in [5.74, 6) is -0.469. The lowest BCUT2D eigenvalue weighted by molar-refractivity contribution is -0.136. The van der Waals surface area contributed by atoms with Gasteiger partial charge in [-0.15, -0.1) is 0 Å². The molecule has 0 radical (unpaired) electrons. The Bertz CT molecular complexity index is 1060. The minimum Gasteiger partial charge on any atom is -0.355 e. The SMILES string of the molecule is Cc1cncc(-c2ccc(NC(=O)C(C)N3CCCC4=C3C(=O)N(C)C4=O)nc2)c1. The number of nitrogens with zero attached hydrogens (tertiary/aromatic N) is 4. The Labute approximate surface area is 174 Å². The maximum atomic E-state index is 12.8. The third kappa shape index (κ3) is 3.45. The van der Waals surface area contributed by atoms with Gasteiger partial charge in [0.05, 0.1) is 0 Å². The summed E-state index contributed by atoms with van der Waals surface area (Å²) in [4.78, 5) is 49.0. The minimum atomic E-state index is -0.610. The number of carbonyl (C=O) groups excluding carboxylic acids is 3. The Kier molecular flexibility index (Phi) is 5.07. The van der Waals surface area contributed by atoms with Crippen LogP contribution in [0.1, 0.15) is 25.3 Å². The van der Waals surface area contributed by atoms with E-state index in [2.05, 4.69) is 15.3 Å². The van der Waals surface area contributed by atoms with Crippen LogP contribution in [0, 0.1) is 6.92 Å². The van der Waals surface area contributed by atoms with Crippen LogP contribution in [0.3, 0.4) is 0 Å². The van der Waals surface area contributed by atoms with E-state index in [1.807, 2.05) is 19.1 Å². The maximum Gasteiger partial charge on any atom is 0.277 e. The van der Waals surface area contributed by atoms with Gasteiger partial charge in [-0.3, -0.25) is 24.3 Å². The molecule has 0 fully saturated rings. The highest BCUT2D eigenvalue weighted by atomic mass is 16.2. The molecule has 8 nitrogen and oxygen atoms in total. The van der Waals surface area contributed by atoms with E-state index >= 15 is 0 Å². The highest BCUT2D eigenvalue weighted by Crippen LogP contribution is 2.32. The van der Waals surface area contributed by atoms with Crippen molar-refractivity contribution in [3.63, 3.8) is 0 Å². The molecular weight excluding hydrogens is 382 g/mol. The number of nitrogens with one attached hydrogen (secondary N) is 1. The first-order chi connectivity index (χ1) is 14.4. The number of amides is 3. The molecule has 8 heteroatoms. The quantitative estimate of drug-likeness (QED) is 0.783. The van der Waals surface area contributed by atoms with Crippen molar-refractivity contribution in [2.24, 2.45) is 0 Å². The van der Waals surface area contributed by atoms with Gasteiger partial charge in [0.15, 0.2) is 0 Å². The summed E-state index contributed by atoms with van der Waals surface area (Å²) in [5.41, 5.74) is 3.77. The molecule has 154 valence electrons. The second kappa shape index (κ2) is 7.70. The van der Waals surface area contributed by atoms with Crippen LogP contribution >= 0.6 is 0 Å². The molecule has 2 aliphatic heterocycles. The Morgan fingerprint density at radius 2 is 1.93 bits per heavy atom. The molecule has 0 bridgehead atoms. The van der Waals surface area contributed by atoms with E-state index in [0.717, 1.165) is 28.0 Å². The van der Waals surface area contributed by atoms with E-state index in [0.29, 0.717) is 30.1 Å². The van der Waals surface area contributed by atoms with Gasteiger partial charge in [-0.25, -0.2) is 4.98 Å². The lowest BCUT2D eigenvalue weighted by Crippen LogP contribution is -2.45. The van der Waals surface area contributed by atoms with Crippen LogP contribution in [-0.2, 0) is 14.4 Å². The molecule has 0 aromatic carbocycles. The third-order valence-electron chi connectivity index (χ3n) is 5.54. The second-order valence-electron chi connectivity index (χ2n) is 7.64. The van der Waals surface area contributed by atoms with E-state index in [9.17, 15) is 14.4 Å². The lowest BCUT2D eigenvalue weighted by Gasteiger charge is -2.33. The first kappa shape index (κ1) is 19.8. The molecule has 0 aliphatic carbocycles. The zero-order chi connectivity index (χ0) is 21.4. The van der Waals surface area contributed by atoms with Crippen LogP contribution in [0.25, 0.3) is 11.1 Å². The summed E-state index contributed by atoms with van der Waals surface area (Å²) >= 11 is 0. The number of rotatable bonds is 4. The van der Waals surface area contributed by atoms with Gasteiger partial charge < -0.3 is 10.2 Å². The molecule has 2 aliphatic rings. The summed E-state index contributed by atoms with van der Waals surface area (Å²) < 4.78 is 0. The second-order valence-corrected chi connectivity index (χ2v) is 7.64. The summed E-state index contributed by atoms with van der Waals surface area (Å²) in [6.45, 7) is 4.25. The number of anilines is 1. The first-order valence-electron chi connectivity index (χ1n) is 9.88. The highest BCUT2D eigenvalue weighted by Gasteiger charge is 2.42. The molecule has 30 heavy (non-hydrogen) atoms. The fourth-order valence-corrected chi connectivity index (χ4v) is 3.85. The van der Waals surface area contributed by atoms with Gasteiger partial charge in [0, 0.05) is 48.9 Å². The predicted octanol–water partition coefficient (Wildman–Crippen LogP) is 2.13. The number of imide groups is 1. The van der Waals surface area contributed by atoms with Crippen LogP contribution < -0.4 is 5.32 Å². The molecule has 1 unspecified atom stereocenters. The predicted molar refractivity (Wildman–Crippen MR) is 111 cm³/mol. The van der Waals surface area contributed by atoms with Gasteiger partial charge in [-0.2, -0.15) is 0 Å². The Morgan fingerprint density at radius 1 is 1.13 bits per heavy atom. The van der Waals surface area contributed by atoms with Gasteiger partial charge >= 0.3 is 0 Å². The number of hydrogen-bond donors (Lipinski definition) is 1. The van der Waals surface area contributed by atoms with E-state index in [4.69, 9.17) is 0 Å². The largest absolute Gasteiger partial charge is 0.355 e. The zero-order valence-electron chi connectivity index (χ0n) is 17.2. The monoisotopic (exact) mass is 405 g/mol. The topological polar surface area (TPSA) is 95.5 Å². The average molecular weight is 405 g/mol. The Morgan fingerprint density at radius 3 is 2.63 bits per heavy atom. The van der Waals surface area contributed by atoms with E-state index < -0.39 is 6.04 Å². The first-order valence-corrected chi connectivity index (χ1v) is 9.88. The van der Waals surface area contributed by atoms with Gasteiger partial charge in [0.2, 0.25) is 5.91 Å². The van der Waals surface area contributed by atoms with Gasteiger partial charge in [-0.1, -0.05) is 0 Å². The fourth-order valence-electron chi connectivity index (χ4n) is 3.85. The van der Waals surface area contributed by atoms with Crippen molar-refractivity contribution in [3.05, 3.63) is 53.6 Å². The summed E-state index contributed by atoms with van der Waals surface area (Å²) in [6.07, 6.45) is 6.52. The number of aromatic nitrogens is 2. The van der Waals surface area contributed by atoms with Crippen LogP contribution in [0.15, 0.2) is 48.1 Å². The van der Waals surface area contributed by atoms with Crippen molar-refractivity contribution in [3.8, 4) is 11.1 Å². The number of hydrogen-bond acceptors (Lipinski definition) is 6. The summed E-state index contributed by atoms with van der Waals surface area (Å²) in [7, 11) is 1.47. The molecule has 0 spiro atoms. The number of pyridine rings is 2. The van der Waals surface area contributed by atoms with Crippen molar-refractivity contribution >= 4 is 23.5 Å². The van der Waals surface area contributed by atoms with E-state index in [1.54, 1.807) is 36.5 Å². The van der Waals surface area contributed by atoms with Gasteiger partial charge in [0.25, 0.3) is 11.8 Å². The lowest BCUT2D eigenvalue weighted by atomic mass is 10.0. The highest BCUT2D eigenvalue weighted by molar-refractivity contribution is 6.19. The zero-order valence-corrected chi connectivity index (χ0v) is 17.2. The van der Waals surface area contributed by atoms with Crippen LogP contribution in [0.2, 0.25) is 0 Å². The van der Waals surface area contributed by atoms with Crippen molar-refractivity contribution in [1.82, 2.24) is 19.8 Å². The molecule has 2 aromatic rings.